The zero-order chi connectivity index (χ0) is 16.3. The van der Waals surface area contributed by atoms with Gasteiger partial charge in [0.25, 0.3) is 0 Å². The molecule has 114 valence electrons. The van der Waals surface area contributed by atoms with Gasteiger partial charge in [-0.15, -0.1) is 0 Å². The van der Waals surface area contributed by atoms with E-state index in [2.05, 4.69) is 13.8 Å². The molecule has 5 atom stereocenters. The molecule has 20 heavy (non-hydrogen) atoms. The number of rotatable bonds is 5. The summed E-state index contributed by atoms with van der Waals surface area (Å²) in [5.41, 5.74) is -1.04. The van der Waals surface area contributed by atoms with Gasteiger partial charge in [-0.05, 0) is 32.1 Å². The summed E-state index contributed by atoms with van der Waals surface area (Å²) in [6, 6.07) is 0. The minimum absolute atomic E-state index is 0.107. The lowest BCUT2D eigenvalue weighted by Gasteiger charge is -2.37. The van der Waals surface area contributed by atoms with Crippen molar-refractivity contribution < 1.29 is 21.7 Å². The molecule has 0 aromatic carbocycles. The number of hydrogen-bond donors (Lipinski definition) is 0. The van der Waals surface area contributed by atoms with Crippen LogP contribution in [0.2, 0.25) is 0 Å². The van der Waals surface area contributed by atoms with Gasteiger partial charge in [0.1, 0.15) is 17.3 Å². The smallest absolute Gasteiger partial charge is 0.162 e. The maximum Gasteiger partial charge on any atom is 0.162 e. The zero-order valence-corrected chi connectivity index (χ0v) is 12.8. The number of ether oxygens (including phenoxy) is 3. The van der Waals surface area contributed by atoms with E-state index < -0.39 is 29.5 Å². The van der Waals surface area contributed by atoms with Crippen LogP contribution in [0.5, 0.6) is 0 Å². The Morgan fingerprint density at radius 3 is 2.80 bits per heavy atom. The summed E-state index contributed by atoms with van der Waals surface area (Å²) in [4.78, 5) is 12.4. The Morgan fingerprint density at radius 1 is 1.55 bits per heavy atom. The number of hydrogen-bond acceptors (Lipinski definition) is 4. The van der Waals surface area contributed by atoms with Crippen LogP contribution in [0.1, 0.15) is 49.1 Å². The van der Waals surface area contributed by atoms with Crippen LogP contribution < -0.4 is 0 Å². The standard InChI is InChI=1S/C16H26O4/c1-10(2)5-6-12-15(3,20-12)14-13(18-4)11(17)7-8-16(14)9-19-16/h10,12-14H,5-9H2,1-4H3/t12-,13-,14-,15?,16+/m1/s1/i7D2. The molecule has 0 aromatic heterocycles. The van der Waals surface area contributed by atoms with Crippen LogP contribution in [-0.4, -0.2) is 42.9 Å². The van der Waals surface area contributed by atoms with Crippen molar-refractivity contribution in [1.82, 2.24) is 0 Å². The maximum absolute atomic E-state index is 12.4. The lowest BCUT2D eigenvalue weighted by molar-refractivity contribution is -0.142. The van der Waals surface area contributed by atoms with E-state index in [1.165, 1.54) is 7.11 Å². The van der Waals surface area contributed by atoms with Gasteiger partial charge >= 0.3 is 0 Å². The SMILES string of the molecule is [2H]C1([2H])C[C@]2(CO2)[C@@H](C2(C)O[C@@H]2CCC(C)C)[C@H](OC)C1=O. The summed E-state index contributed by atoms with van der Waals surface area (Å²) in [5.74, 6) is -0.0844. The zero-order valence-electron chi connectivity index (χ0n) is 14.8. The molecule has 1 aliphatic carbocycles. The number of Topliss-reactive ketones (excluding diaryl/α,β-unsaturated/α-hetero) is 1. The number of carbonyl (C=O) groups is 1. The Balaban J connectivity index is 1.81. The molecule has 4 heteroatoms. The molecule has 3 fully saturated rings. The van der Waals surface area contributed by atoms with Crippen LogP contribution in [-0.2, 0) is 19.0 Å². The maximum atomic E-state index is 12.4. The van der Waals surface area contributed by atoms with E-state index in [-0.39, 0.29) is 18.4 Å². The second-order valence-corrected chi connectivity index (χ2v) is 6.97. The molecule has 1 spiro atoms. The molecule has 1 unspecified atom stereocenters. The Morgan fingerprint density at radius 2 is 2.25 bits per heavy atom. The Kier molecular flexibility index (Phi) is 2.90. The Hall–Kier alpha value is -0.450. The topological polar surface area (TPSA) is 51.4 Å². The molecular weight excluding hydrogens is 256 g/mol. The normalized spacial score (nSPS) is 51.0. The van der Waals surface area contributed by atoms with Crippen molar-refractivity contribution in [1.29, 1.82) is 0 Å². The highest BCUT2D eigenvalue weighted by Gasteiger charge is 2.71. The Bertz CT molecular complexity index is 475. The summed E-state index contributed by atoms with van der Waals surface area (Å²) in [6.07, 6.45) is -0.424. The van der Waals surface area contributed by atoms with Gasteiger partial charge in [-0.2, -0.15) is 0 Å². The molecule has 0 aromatic rings. The van der Waals surface area contributed by atoms with E-state index in [0.29, 0.717) is 12.5 Å². The van der Waals surface area contributed by atoms with Gasteiger partial charge in [0.2, 0.25) is 0 Å². The van der Waals surface area contributed by atoms with Crippen LogP contribution in [0.3, 0.4) is 0 Å². The lowest BCUT2D eigenvalue weighted by Crippen LogP contribution is -2.53. The van der Waals surface area contributed by atoms with Crippen molar-refractivity contribution in [2.24, 2.45) is 11.8 Å². The second-order valence-electron chi connectivity index (χ2n) is 6.97. The van der Waals surface area contributed by atoms with Gasteiger partial charge in [-0.25, -0.2) is 0 Å². The van der Waals surface area contributed by atoms with Gasteiger partial charge in [0, 0.05) is 16.2 Å². The third-order valence-corrected chi connectivity index (χ3v) is 5.06. The highest BCUT2D eigenvalue weighted by Crippen LogP contribution is 2.58. The monoisotopic (exact) mass is 284 g/mol. The van der Waals surface area contributed by atoms with Crippen LogP contribution in [0.4, 0.5) is 0 Å². The molecule has 3 rings (SSSR count). The molecule has 0 amide bonds. The predicted molar refractivity (Wildman–Crippen MR) is 74.6 cm³/mol. The molecule has 2 aliphatic heterocycles. The first-order chi connectivity index (χ1) is 10.2. The van der Waals surface area contributed by atoms with Crippen LogP contribution in [0, 0.1) is 11.8 Å². The van der Waals surface area contributed by atoms with E-state index in [1.807, 2.05) is 6.92 Å². The Labute approximate surface area is 124 Å². The minimum atomic E-state index is -1.88. The van der Waals surface area contributed by atoms with Crippen LogP contribution >= 0.6 is 0 Å². The second kappa shape index (κ2) is 4.79. The third-order valence-electron chi connectivity index (χ3n) is 5.06. The molecule has 3 aliphatic rings. The molecular formula is C16H26O4. The van der Waals surface area contributed by atoms with Crippen molar-refractivity contribution >= 4 is 5.78 Å². The minimum Gasteiger partial charge on any atom is -0.373 e. The fraction of sp³-hybridized carbons (Fsp3) is 0.938. The lowest BCUT2D eigenvalue weighted by atomic mass is 9.68. The number of carbonyl (C=O) groups excluding carboxylic acids is 1. The number of ketones is 1. The highest BCUT2D eigenvalue weighted by atomic mass is 16.6. The van der Waals surface area contributed by atoms with Gasteiger partial charge in [-0.3, -0.25) is 4.79 Å². The summed E-state index contributed by atoms with van der Waals surface area (Å²) < 4.78 is 33.0. The summed E-state index contributed by atoms with van der Waals surface area (Å²) >= 11 is 0. The fourth-order valence-electron chi connectivity index (χ4n) is 3.69. The summed E-state index contributed by atoms with van der Waals surface area (Å²) in [7, 11) is 1.47. The molecule has 4 nitrogen and oxygen atoms in total. The van der Waals surface area contributed by atoms with Gasteiger partial charge in [-0.1, -0.05) is 13.8 Å². The van der Waals surface area contributed by atoms with Crippen LogP contribution in [0.15, 0.2) is 0 Å². The first-order valence-electron chi connectivity index (χ1n) is 8.55. The van der Waals surface area contributed by atoms with Crippen molar-refractivity contribution in [3.05, 3.63) is 0 Å². The molecule has 0 N–H and O–H groups in total. The first kappa shape index (κ1) is 12.1. The van der Waals surface area contributed by atoms with Crippen molar-refractivity contribution in [3.63, 3.8) is 0 Å². The molecule has 2 saturated heterocycles. The number of epoxide rings is 2. The van der Waals surface area contributed by atoms with Gasteiger partial charge in [0.05, 0.1) is 18.6 Å². The van der Waals surface area contributed by atoms with E-state index in [9.17, 15) is 4.79 Å². The molecule has 0 radical (unpaired) electrons. The third kappa shape index (κ3) is 2.22. The fourth-order valence-corrected chi connectivity index (χ4v) is 3.69. The van der Waals surface area contributed by atoms with Crippen molar-refractivity contribution in [3.8, 4) is 0 Å². The summed E-state index contributed by atoms with van der Waals surface area (Å²) in [5, 5.41) is 0. The molecule has 0 bridgehead atoms. The van der Waals surface area contributed by atoms with Gasteiger partial charge < -0.3 is 14.2 Å². The van der Waals surface area contributed by atoms with Crippen LogP contribution in [0.25, 0.3) is 0 Å². The van der Waals surface area contributed by atoms with E-state index in [0.717, 1.165) is 12.8 Å². The van der Waals surface area contributed by atoms with E-state index >= 15 is 0 Å². The first-order valence-corrected chi connectivity index (χ1v) is 7.55. The van der Waals surface area contributed by atoms with E-state index in [4.69, 9.17) is 17.0 Å². The molecule has 1 saturated carbocycles. The molecule has 2 heterocycles. The largest absolute Gasteiger partial charge is 0.373 e. The summed E-state index contributed by atoms with van der Waals surface area (Å²) in [6.45, 7) is 6.87. The van der Waals surface area contributed by atoms with Crippen molar-refractivity contribution in [2.45, 2.75) is 69.8 Å². The predicted octanol–water partition coefficient (Wildman–Crippen LogP) is 2.34. The van der Waals surface area contributed by atoms with Crippen molar-refractivity contribution in [2.75, 3.05) is 13.7 Å². The van der Waals surface area contributed by atoms with E-state index in [1.54, 1.807) is 0 Å². The average molecular weight is 284 g/mol. The quantitative estimate of drug-likeness (QED) is 0.727. The highest BCUT2D eigenvalue weighted by molar-refractivity contribution is 5.85. The average Bonchev–Trinajstić information content (AvgIpc) is 3.30. The van der Waals surface area contributed by atoms with Gasteiger partial charge in [0.15, 0.2) is 5.78 Å². The number of methoxy groups -OCH3 is 1.